The van der Waals surface area contributed by atoms with Crippen LogP contribution in [0.15, 0.2) is 23.3 Å². The summed E-state index contributed by atoms with van der Waals surface area (Å²) < 4.78 is 12.0. The molecular weight excluding hydrogens is 324 g/mol. The number of hydrogen-bond acceptors (Lipinski definition) is 3. The van der Waals surface area contributed by atoms with E-state index >= 15 is 0 Å². The summed E-state index contributed by atoms with van der Waals surface area (Å²) in [6.07, 6.45) is 13.1. The first-order valence-electron chi connectivity index (χ1n) is 10.7. The fraction of sp³-hybridized carbons (Fsp3) is 0.826. The van der Waals surface area contributed by atoms with Gasteiger partial charge in [0.15, 0.2) is 5.79 Å². The molecule has 1 N–H and O–H groups in total. The number of aliphatic hydroxyl groups is 1. The molecule has 5 aliphatic rings. The predicted molar refractivity (Wildman–Crippen MR) is 102 cm³/mol. The zero-order chi connectivity index (χ0) is 18.2. The number of rotatable bonds is 0. The number of ether oxygens (including phenoxy) is 2. The van der Waals surface area contributed by atoms with Crippen LogP contribution >= 0.6 is 0 Å². The Morgan fingerprint density at radius 2 is 1.85 bits per heavy atom. The van der Waals surface area contributed by atoms with Gasteiger partial charge in [-0.05, 0) is 62.7 Å². The van der Waals surface area contributed by atoms with Crippen molar-refractivity contribution in [3.05, 3.63) is 23.3 Å². The zero-order valence-electron chi connectivity index (χ0n) is 16.6. The summed E-state index contributed by atoms with van der Waals surface area (Å²) >= 11 is 0. The Kier molecular flexibility index (Phi) is 3.66. The fourth-order valence-corrected chi connectivity index (χ4v) is 7.61. The lowest BCUT2D eigenvalue weighted by molar-refractivity contribution is -0.218. The van der Waals surface area contributed by atoms with E-state index in [0.717, 1.165) is 38.5 Å². The van der Waals surface area contributed by atoms with E-state index in [1.165, 1.54) is 18.4 Å². The average molecular weight is 359 g/mol. The minimum absolute atomic E-state index is 0.115. The van der Waals surface area contributed by atoms with Gasteiger partial charge in [-0.15, -0.1) is 0 Å². The maximum absolute atomic E-state index is 12.2. The van der Waals surface area contributed by atoms with E-state index in [1.807, 2.05) is 0 Å². The van der Waals surface area contributed by atoms with Gasteiger partial charge in [0.2, 0.25) is 0 Å². The molecule has 3 saturated carbocycles. The van der Waals surface area contributed by atoms with Crippen molar-refractivity contribution < 1.29 is 14.6 Å². The quantitative estimate of drug-likeness (QED) is 0.635. The third kappa shape index (κ3) is 2.00. The van der Waals surface area contributed by atoms with Crippen LogP contribution in [0.5, 0.6) is 0 Å². The standard InChI is InChI=1S/C23H34O3/c1-4-16-5-7-18-19-8-6-17-15-22(25-13-14-26-22)11-10-21(17,3)23(19,24)12-9-20(16,18)2/h4,6,18-19,24H,5,7-15H2,1-3H3/b16-4+/t18-,19-,20+,21-,23+/m0/s1. The first-order chi connectivity index (χ1) is 12.4. The highest BCUT2D eigenvalue weighted by atomic mass is 16.7. The number of fused-ring (bicyclic) bond motifs is 5. The van der Waals surface area contributed by atoms with Crippen molar-refractivity contribution in [3.63, 3.8) is 0 Å². The second-order valence-corrected chi connectivity index (χ2v) is 9.99. The van der Waals surface area contributed by atoms with E-state index in [9.17, 15) is 5.11 Å². The third-order valence-electron chi connectivity index (χ3n) is 9.31. The molecule has 1 spiro atoms. The molecule has 3 heteroatoms. The zero-order valence-corrected chi connectivity index (χ0v) is 16.6. The molecule has 144 valence electrons. The van der Waals surface area contributed by atoms with Crippen molar-refractivity contribution in [2.75, 3.05) is 13.2 Å². The molecule has 0 unspecified atom stereocenters. The molecule has 1 heterocycles. The largest absolute Gasteiger partial charge is 0.389 e. The Hall–Kier alpha value is -0.640. The van der Waals surface area contributed by atoms with Gasteiger partial charge in [0.25, 0.3) is 0 Å². The Labute approximate surface area is 157 Å². The summed E-state index contributed by atoms with van der Waals surface area (Å²) in [4.78, 5) is 0. The Morgan fingerprint density at radius 3 is 2.58 bits per heavy atom. The molecule has 0 amide bonds. The van der Waals surface area contributed by atoms with Crippen LogP contribution in [0.3, 0.4) is 0 Å². The summed E-state index contributed by atoms with van der Waals surface area (Å²) in [6.45, 7) is 8.43. The molecule has 4 aliphatic carbocycles. The summed E-state index contributed by atoms with van der Waals surface area (Å²) in [6, 6.07) is 0. The van der Waals surface area contributed by atoms with E-state index < -0.39 is 11.4 Å². The van der Waals surface area contributed by atoms with Gasteiger partial charge in [-0.3, -0.25) is 0 Å². The number of allylic oxidation sites excluding steroid dienone is 3. The molecule has 0 aromatic heterocycles. The van der Waals surface area contributed by atoms with Gasteiger partial charge in [-0.1, -0.05) is 37.1 Å². The minimum Gasteiger partial charge on any atom is -0.389 e. The normalized spacial score (nSPS) is 51.1. The lowest BCUT2D eigenvalue weighted by Gasteiger charge is -2.63. The van der Waals surface area contributed by atoms with E-state index in [2.05, 4.69) is 32.9 Å². The highest BCUT2D eigenvalue weighted by Crippen LogP contribution is 2.68. The van der Waals surface area contributed by atoms with Gasteiger partial charge < -0.3 is 14.6 Å². The molecule has 0 bridgehead atoms. The second-order valence-electron chi connectivity index (χ2n) is 9.99. The van der Waals surface area contributed by atoms with Gasteiger partial charge in [-0.2, -0.15) is 0 Å². The van der Waals surface area contributed by atoms with Crippen LogP contribution in [0.4, 0.5) is 0 Å². The van der Waals surface area contributed by atoms with Crippen molar-refractivity contribution in [1.82, 2.24) is 0 Å². The van der Waals surface area contributed by atoms with Crippen molar-refractivity contribution in [2.24, 2.45) is 22.7 Å². The Morgan fingerprint density at radius 1 is 1.08 bits per heavy atom. The van der Waals surface area contributed by atoms with Crippen molar-refractivity contribution in [2.45, 2.75) is 83.5 Å². The van der Waals surface area contributed by atoms with Gasteiger partial charge in [0.05, 0.1) is 18.8 Å². The van der Waals surface area contributed by atoms with Crippen LogP contribution in [0, 0.1) is 22.7 Å². The molecule has 5 atom stereocenters. The van der Waals surface area contributed by atoms with Crippen molar-refractivity contribution >= 4 is 0 Å². The van der Waals surface area contributed by atoms with Gasteiger partial charge in [0.1, 0.15) is 0 Å². The summed E-state index contributed by atoms with van der Waals surface area (Å²) in [5.41, 5.74) is 2.67. The molecule has 26 heavy (non-hydrogen) atoms. The van der Waals surface area contributed by atoms with Crippen LogP contribution in [0.25, 0.3) is 0 Å². The Bertz CT molecular complexity index is 673. The van der Waals surface area contributed by atoms with Crippen LogP contribution in [-0.2, 0) is 9.47 Å². The molecule has 0 radical (unpaired) electrons. The van der Waals surface area contributed by atoms with E-state index in [0.29, 0.717) is 30.5 Å². The molecular formula is C23H34O3. The summed E-state index contributed by atoms with van der Waals surface area (Å²) in [7, 11) is 0. The Balaban J connectivity index is 1.52. The molecule has 3 nitrogen and oxygen atoms in total. The lowest BCUT2D eigenvalue weighted by Crippen LogP contribution is -2.63. The first-order valence-corrected chi connectivity index (χ1v) is 10.7. The van der Waals surface area contributed by atoms with Crippen LogP contribution in [0.1, 0.15) is 72.1 Å². The maximum Gasteiger partial charge on any atom is 0.172 e. The predicted octanol–water partition coefficient (Wildman–Crippen LogP) is 4.75. The smallest absolute Gasteiger partial charge is 0.172 e. The van der Waals surface area contributed by atoms with E-state index in [1.54, 1.807) is 5.57 Å². The van der Waals surface area contributed by atoms with Crippen LogP contribution < -0.4 is 0 Å². The van der Waals surface area contributed by atoms with Crippen LogP contribution in [0.2, 0.25) is 0 Å². The van der Waals surface area contributed by atoms with Crippen molar-refractivity contribution in [1.29, 1.82) is 0 Å². The molecule has 0 aromatic rings. The molecule has 1 saturated heterocycles. The molecule has 0 aromatic carbocycles. The topological polar surface area (TPSA) is 38.7 Å². The maximum atomic E-state index is 12.2. The molecule has 1 aliphatic heterocycles. The van der Waals surface area contributed by atoms with Gasteiger partial charge in [0, 0.05) is 18.3 Å². The van der Waals surface area contributed by atoms with Gasteiger partial charge in [-0.25, -0.2) is 0 Å². The fourth-order valence-electron chi connectivity index (χ4n) is 7.61. The number of hydrogen-bond donors (Lipinski definition) is 1. The monoisotopic (exact) mass is 358 g/mol. The minimum atomic E-state index is -0.565. The highest BCUT2D eigenvalue weighted by Gasteiger charge is 2.65. The second kappa shape index (κ2) is 5.46. The van der Waals surface area contributed by atoms with E-state index in [-0.39, 0.29) is 5.41 Å². The van der Waals surface area contributed by atoms with E-state index in [4.69, 9.17) is 9.47 Å². The van der Waals surface area contributed by atoms with Gasteiger partial charge >= 0.3 is 0 Å². The van der Waals surface area contributed by atoms with Crippen molar-refractivity contribution in [3.8, 4) is 0 Å². The highest BCUT2D eigenvalue weighted by molar-refractivity contribution is 5.34. The molecule has 5 rings (SSSR count). The molecule has 4 fully saturated rings. The first kappa shape index (κ1) is 17.5. The SMILES string of the molecule is C/C=C1\CC[C@H]2[C@@H]3CC=C4CC5(CC[C@]4(C)[C@@]3(O)CC[C@]12C)OCCO5. The lowest BCUT2D eigenvalue weighted by atomic mass is 9.45. The average Bonchev–Trinajstić information content (AvgIpc) is 3.21. The van der Waals surface area contributed by atoms with Crippen LogP contribution in [-0.4, -0.2) is 29.7 Å². The summed E-state index contributed by atoms with van der Waals surface area (Å²) in [5.74, 6) is 0.618. The summed E-state index contributed by atoms with van der Waals surface area (Å²) in [5, 5.41) is 12.2. The third-order valence-corrected chi connectivity index (χ3v) is 9.31.